The minimum atomic E-state index is -2.30. The van der Waals surface area contributed by atoms with E-state index in [9.17, 15) is 5.11 Å². The Bertz CT molecular complexity index is 831. The lowest BCUT2D eigenvalue weighted by atomic mass is 9.99. The Balaban J connectivity index is 3.75. The molecule has 1 saturated heterocycles. The molecule has 0 aromatic carbocycles. The summed E-state index contributed by atoms with van der Waals surface area (Å²) in [6.07, 6.45) is -3.13. The van der Waals surface area contributed by atoms with E-state index in [-0.39, 0.29) is 20.2 Å². The first-order valence-electron chi connectivity index (χ1n) is 15.3. The van der Waals surface area contributed by atoms with Crippen molar-refractivity contribution in [3.8, 4) is 0 Å². The third-order valence-corrected chi connectivity index (χ3v) is 28.7. The molecule has 1 aliphatic heterocycles. The molecule has 0 saturated carbocycles. The summed E-state index contributed by atoms with van der Waals surface area (Å²) in [5.41, 5.74) is 0. The summed E-state index contributed by atoms with van der Waals surface area (Å²) in [5.74, 6) is 0. The van der Waals surface area contributed by atoms with E-state index in [0.29, 0.717) is 6.61 Å². The zero-order valence-electron chi connectivity index (χ0n) is 30.1. The number of aliphatic hydroxyl groups is 1. The molecule has 1 N–H and O–H groups in total. The van der Waals surface area contributed by atoms with Gasteiger partial charge in [-0.2, -0.15) is 0 Å². The van der Waals surface area contributed by atoms with Gasteiger partial charge >= 0.3 is 0 Å². The Morgan fingerprint density at radius 3 is 1.12 bits per heavy atom. The van der Waals surface area contributed by atoms with Crippen molar-refractivity contribution in [2.75, 3.05) is 6.61 Å². The van der Waals surface area contributed by atoms with Gasteiger partial charge in [-0.3, -0.25) is 0 Å². The SMILES string of the molecule is CC(C)(C)[Si](C)(C)OC[C@H]1O[C@H](O)[C@H](O[Si](C)(C)C(C)(C)C)[C@@H](O[Si](C)(C)C(C)(C)C)[C@@H]1O[Si](C)(C)C(C)(C)C. The van der Waals surface area contributed by atoms with Crippen LogP contribution >= 0.6 is 0 Å². The van der Waals surface area contributed by atoms with Crippen LogP contribution in [-0.4, -0.2) is 75.7 Å². The van der Waals surface area contributed by atoms with E-state index in [0.717, 1.165) is 0 Å². The fourth-order valence-electron chi connectivity index (χ4n) is 3.49. The number of hydrogen-bond acceptors (Lipinski definition) is 6. The van der Waals surface area contributed by atoms with Crippen LogP contribution in [0, 0.1) is 0 Å². The van der Waals surface area contributed by atoms with Crippen LogP contribution < -0.4 is 0 Å². The molecule has 0 aromatic rings. The maximum absolute atomic E-state index is 11.6. The first-order valence-corrected chi connectivity index (χ1v) is 26.9. The monoisotopic (exact) mass is 636 g/mol. The van der Waals surface area contributed by atoms with Gasteiger partial charge in [-0.15, -0.1) is 0 Å². The van der Waals surface area contributed by atoms with Gasteiger partial charge in [0.1, 0.15) is 24.4 Å². The Morgan fingerprint density at radius 2 is 0.800 bits per heavy atom. The Kier molecular flexibility index (Phi) is 11.8. The largest absolute Gasteiger partial charge is 0.414 e. The second kappa shape index (κ2) is 12.2. The maximum Gasteiger partial charge on any atom is 0.192 e. The lowest BCUT2D eigenvalue weighted by Gasteiger charge is -2.54. The minimum absolute atomic E-state index is 0.00872. The van der Waals surface area contributed by atoms with Crippen LogP contribution in [0.2, 0.25) is 72.5 Å². The molecule has 0 unspecified atom stereocenters. The number of rotatable bonds is 9. The third kappa shape index (κ3) is 9.08. The van der Waals surface area contributed by atoms with Gasteiger partial charge < -0.3 is 27.5 Å². The Morgan fingerprint density at radius 1 is 0.500 bits per heavy atom. The molecule has 0 aromatic heterocycles. The molecule has 0 amide bonds. The van der Waals surface area contributed by atoms with Crippen LogP contribution in [0.15, 0.2) is 0 Å². The standard InChI is InChI=1S/C30H68O6Si4/c1-27(2,3)37(13,14)32-21-22-23(34-38(15,16)28(4,5)6)24(35-39(17,18)29(7,8)9)25(26(31)33-22)36-40(19,20)30(10,11)12/h22-26,31H,21H2,1-20H3/t22-,23-,24+,25-,26+/m1/s1. The summed E-state index contributed by atoms with van der Waals surface area (Å²) in [4.78, 5) is 0. The molecule has 1 rings (SSSR count). The van der Waals surface area contributed by atoms with Crippen LogP contribution in [0.1, 0.15) is 83.1 Å². The van der Waals surface area contributed by atoms with Crippen LogP contribution in [-0.2, 0) is 22.4 Å². The summed E-state index contributed by atoms with van der Waals surface area (Å²) < 4.78 is 34.6. The molecule has 1 heterocycles. The van der Waals surface area contributed by atoms with Crippen molar-refractivity contribution in [1.82, 2.24) is 0 Å². The zero-order chi connectivity index (χ0) is 32.1. The zero-order valence-corrected chi connectivity index (χ0v) is 34.1. The summed E-state index contributed by atoms with van der Waals surface area (Å²) in [5, 5.41) is 11.6. The average Bonchev–Trinajstić information content (AvgIpc) is 2.67. The second-order valence-electron chi connectivity index (χ2n) is 18.2. The van der Waals surface area contributed by atoms with E-state index in [2.05, 4.69) is 135 Å². The Hall–Kier alpha value is 0.628. The van der Waals surface area contributed by atoms with Gasteiger partial charge in [0, 0.05) is 0 Å². The van der Waals surface area contributed by atoms with E-state index in [4.69, 9.17) is 22.4 Å². The number of aliphatic hydroxyl groups excluding tert-OH is 1. The molecule has 10 heteroatoms. The van der Waals surface area contributed by atoms with E-state index in [1.165, 1.54) is 0 Å². The van der Waals surface area contributed by atoms with Gasteiger partial charge in [0.2, 0.25) is 0 Å². The highest BCUT2D eigenvalue weighted by Crippen LogP contribution is 2.46. The van der Waals surface area contributed by atoms with Crippen LogP contribution in [0.5, 0.6) is 0 Å². The van der Waals surface area contributed by atoms with E-state index in [1.54, 1.807) is 0 Å². The maximum atomic E-state index is 11.6. The fourth-order valence-corrected chi connectivity index (χ4v) is 8.41. The molecule has 1 fully saturated rings. The summed E-state index contributed by atoms with van der Waals surface area (Å²) in [6.45, 7) is 45.3. The molecule has 240 valence electrons. The Labute approximate surface area is 253 Å². The highest BCUT2D eigenvalue weighted by Gasteiger charge is 2.56. The predicted molar refractivity (Wildman–Crippen MR) is 180 cm³/mol. The van der Waals surface area contributed by atoms with Crippen LogP contribution in [0.25, 0.3) is 0 Å². The van der Waals surface area contributed by atoms with Crippen molar-refractivity contribution >= 4 is 33.3 Å². The van der Waals surface area contributed by atoms with Gasteiger partial charge in [0.05, 0.1) is 6.61 Å². The molecule has 0 bridgehead atoms. The first-order chi connectivity index (χ1) is 17.3. The van der Waals surface area contributed by atoms with Crippen molar-refractivity contribution in [1.29, 1.82) is 0 Å². The van der Waals surface area contributed by atoms with Crippen molar-refractivity contribution in [3.63, 3.8) is 0 Å². The van der Waals surface area contributed by atoms with Crippen molar-refractivity contribution in [2.45, 2.75) is 186 Å². The van der Waals surface area contributed by atoms with Crippen molar-refractivity contribution in [3.05, 3.63) is 0 Å². The topological polar surface area (TPSA) is 66.4 Å². The second-order valence-corrected chi connectivity index (χ2v) is 37.2. The van der Waals surface area contributed by atoms with E-state index in [1.807, 2.05) is 0 Å². The van der Waals surface area contributed by atoms with Gasteiger partial charge in [0.25, 0.3) is 0 Å². The van der Waals surface area contributed by atoms with Gasteiger partial charge in [-0.25, -0.2) is 0 Å². The van der Waals surface area contributed by atoms with Gasteiger partial charge in [-0.05, 0) is 72.5 Å². The highest BCUT2D eigenvalue weighted by molar-refractivity contribution is 6.75. The molecule has 0 aliphatic carbocycles. The fraction of sp³-hybridized carbons (Fsp3) is 1.00. The lowest BCUT2D eigenvalue weighted by molar-refractivity contribution is -0.276. The van der Waals surface area contributed by atoms with Crippen LogP contribution in [0.4, 0.5) is 0 Å². The third-order valence-electron chi connectivity index (χ3n) is 10.7. The molecule has 0 spiro atoms. The smallest absolute Gasteiger partial charge is 0.192 e. The predicted octanol–water partition coefficient (Wildman–Crippen LogP) is 8.90. The first kappa shape index (κ1) is 38.7. The summed E-state index contributed by atoms with van der Waals surface area (Å²) in [7, 11) is -8.93. The number of ether oxygens (including phenoxy) is 1. The molecule has 1 aliphatic rings. The molecule has 0 radical (unpaired) electrons. The van der Waals surface area contributed by atoms with E-state index >= 15 is 0 Å². The molecule has 40 heavy (non-hydrogen) atoms. The van der Waals surface area contributed by atoms with Gasteiger partial charge in [-0.1, -0.05) is 83.1 Å². The quantitative estimate of drug-likeness (QED) is 0.255. The van der Waals surface area contributed by atoms with E-state index < -0.39 is 64.0 Å². The molecule has 5 atom stereocenters. The minimum Gasteiger partial charge on any atom is -0.414 e. The number of hydrogen-bond donors (Lipinski definition) is 1. The highest BCUT2D eigenvalue weighted by atomic mass is 28.4. The molecule has 6 nitrogen and oxygen atoms in total. The average molecular weight is 637 g/mol. The molecular formula is C30H68O6Si4. The normalized spacial score (nSPS) is 26.8. The molecular weight excluding hydrogens is 569 g/mol. The summed E-state index contributed by atoms with van der Waals surface area (Å²) >= 11 is 0. The van der Waals surface area contributed by atoms with Crippen LogP contribution in [0.3, 0.4) is 0 Å². The summed E-state index contributed by atoms with van der Waals surface area (Å²) in [6, 6.07) is 0. The van der Waals surface area contributed by atoms with Gasteiger partial charge in [0.15, 0.2) is 39.6 Å². The van der Waals surface area contributed by atoms with Crippen molar-refractivity contribution in [2.24, 2.45) is 0 Å². The van der Waals surface area contributed by atoms with Crippen molar-refractivity contribution < 1.29 is 27.5 Å². The lowest BCUT2D eigenvalue weighted by Crippen LogP contribution is -2.68.